The van der Waals surface area contributed by atoms with Crippen molar-refractivity contribution in [1.82, 2.24) is 0 Å². The normalized spacial score (nSPS) is 10.5. The van der Waals surface area contributed by atoms with E-state index in [1.165, 1.54) is 18.2 Å². The van der Waals surface area contributed by atoms with Gasteiger partial charge in [-0.2, -0.15) is 0 Å². The van der Waals surface area contributed by atoms with Crippen LogP contribution in [0.5, 0.6) is 0 Å². The lowest BCUT2D eigenvalue weighted by molar-refractivity contribution is -0.111. The first kappa shape index (κ1) is 11.2. The van der Waals surface area contributed by atoms with Crippen LogP contribution in [0.3, 0.4) is 0 Å². The minimum atomic E-state index is -0.307. The van der Waals surface area contributed by atoms with Crippen LogP contribution >= 0.6 is 22.6 Å². The van der Waals surface area contributed by atoms with E-state index in [4.69, 9.17) is 0 Å². The van der Waals surface area contributed by atoms with Gasteiger partial charge < -0.3 is 5.32 Å². The molecule has 0 bridgehead atoms. The van der Waals surface area contributed by atoms with E-state index in [9.17, 15) is 9.18 Å². The minimum absolute atomic E-state index is 0.211. The molecule has 4 heteroatoms. The van der Waals surface area contributed by atoms with Crippen LogP contribution in [-0.2, 0) is 4.79 Å². The molecule has 0 saturated heterocycles. The summed E-state index contributed by atoms with van der Waals surface area (Å²) in [6, 6.07) is 4.22. The molecule has 0 aliphatic heterocycles. The molecule has 1 amide bonds. The molecule has 74 valence electrons. The van der Waals surface area contributed by atoms with Crippen molar-refractivity contribution in [2.45, 2.75) is 6.92 Å². The van der Waals surface area contributed by atoms with Gasteiger partial charge in [0, 0.05) is 3.57 Å². The first-order chi connectivity index (χ1) is 6.63. The molecule has 1 rings (SSSR count). The highest BCUT2D eigenvalue weighted by Gasteiger charge is 2.02. The number of halogens is 2. The molecule has 0 saturated carbocycles. The van der Waals surface area contributed by atoms with Gasteiger partial charge in [-0.1, -0.05) is 6.08 Å². The Morgan fingerprint density at radius 2 is 2.29 bits per heavy atom. The molecule has 0 atom stereocenters. The van der Waals surface area contributed by atoms with E-state index in [0.717, 1.165) is 0 Å². The molecule has 1 aromatic carbocycles. The number of amides is 1. The highest BCUT2D eigenvalue weighted by atomic mass is 127. The van der Waals surface area contributed by atoms with Crippen LogP contribution in [0.2, 0.25) is 0 Å². The Morgan fingerprint density at radius 3 is 2.86 bits per heavy atom. The van der Waals surface area contributed by atoms with Gasteiger partial charge in [0.1, 0.15) is 5.82 Å². The first-order valence-corrected chi connectivity index (χ1v) is 5.10. The summed E-state index contributed by atoms with van der Waals surface area (Å²) in [4.78, 5) is 11.2. The lowest BCUT2D eigenvalue weighted by Gasteiger charge is -2.04. The summed E-state index contributed by atoms with van der Waals surface area (Å²) in [5, 5.41) is 2.64. The number of hydrogen-bond acceptors (Lipinski definition) is 1. The van der Waals surface area contributed by atoms with E-state index < -0.39 is 0 Å². The molecule has 0 spiro atoms. The fraction of sp³-hybridized carbons (Fsp3) is 0.100. The van der Waals surface area contributed by atoms with Crippen molar-refractivity contribution >= 4 is 34.2 Å². The standard InChI is InChI=1S/C10H9FINO/c1-2-3-10(14)13-9-5-4-7(11)6-8(9)12/h2-6H,1H3,(H,13,14). The van der Waals surface area contributed by atoms with Crippen LogP contribution in [0.4, 0.5) is 10.1 Å². The third-order valence-electron chi connectivity index (χ3n) is 1.51. The molecule has 1 N–H and O–H groups in total. The van der Waals surface area contributed by atoms with Gasteiger partial charge in [-0.3, -0.25) is 4.79 Å². The molecular weight excluding hydrogens is 296 g/mol. The minimum Gasteiger partial charge on any atom is -0.322 e. The van der Waals surface area contributed by atoms with Crippen LogP contribution in [0.25, 0.3) is 0 Å². The molecule has 0 fully saturated rings. The van der Waals surface area contributed by atoms with Gasteiger partial charge in [-0.25, -0.2) is 4.39 Å². The van der Waals surface area contributed by atoms with Crippen molar-refractivity contribution in [2.24, 2.45) is 0 Å². The zero-order valence-corrected chi connectivity index (χ0v) is 9.71. The quantitative estimate of drug-likeness (QED) is 0.660. The van der Waals surface area contributed by atoms with Gasteiger partial charge in [-0.15, -0.1) is 0 Å². The summed E-state index contributed by atoms with van der Waals surface area (Å²) in [5.41, 5.74) is 0.620. The summed E-state index contributed by atoms with van der Waals surface area (Å²) in [6.07, 6.45) is 3.06. The molecule has 0 radical (unpaired) electrons. The number of carbonyl (C=O) groups is 1. The maximum atomic E-state index is 12.7. The summed E-state index contributed by atoms with van der Waals surface area (Å²) in [5.74, 6) is -0.518. The molecular formula is C10H9FINO. The lowest BCUT2D eigenvalue weighted by atomic mass is 10.3. The second-order valence-corrected chi connectivity index (χ2v) is 3.78. The van der Waals surface area contributed by atoms with Crippen LogP contribution in [0.1, 0.15) is 6.92 Å². The Hall–Kier alpha value is -0.910. The Morgan fingerprint density at radius 1 is 1.57 bits per heavy atom. The molecule has 2 nitrogen and oxygen atoms in total. The first-order valence-electron chi connectivity index (χ1n) is 4.02. The number of anilines is 1. The molecule has 1 aromatic rings. The fourth-order valence-electron chi connectivity index (χ4n) is 0.917. The zero-order chi connectivity index (χ0) is 10.6. The number of rotatable bonds is 2. The van der Waals surface area contributed by atoms with Gasteiger partial charge in [-0.05, 0) is 53.8 Å². The third-order valence-corrected chi connectivity index (χ3v) is 2.40. The Labute approximate surface area is 95.3 Å². The predicted octanol–water partition coefficient (Wildman–Crippen LogP) is 2.94. The van der Waals surface area contributed by atoms with E-state index in [-0.39, 0.29) is 11.7 Å². The second-order valence-electron chi connectivity index (χ2n) is 2.61. The van der Waals surface area contributed by atoms with E-state index >= 15 is 0 Å². The number of nitrogens with one attached hydrogen (secondary N) is 1. The van der Waals surface area contributed by atoms with E-state index in [2.05, 4.69) is 5.32 Å². The molecule has 0 unspecified atom stereocenters. The molecule has 0 aliphatic carbocycles. The third kappa shape index (κ3) is 3.10. The summed E-state index contributed by atoms with van der Waals surface area (Å²) in [7, 11) is 0. The largest absolute Gasteiger partial charge is 0.322 e. The van der Waals surface area contributed by atoms with Crippen molar-refractivity contribution in [3.05, 3.63) is 39.7 Å². The maximum absolute atomic E-state index is 12.7. The Bertz CT molecular complexity index is 376. The van der Waals surface area contributed by atoms with E-state index in [0.29, 0.717) is 9.26 Å². The van der Waals surface area contributed by atoms with Crippen LogP contribution < -0.4 is 5.32 Å². The predicted molar refractivity (Wildman–Crippen MR) is 62.6 cm³/mol. The van der Waals surface area contributed by atoms with Gasteiger partial charge in [0.05, 0.1) is 5.69 Å². The van der Waals surface area contributed by atoms with Crippen molar-refractivity contribution in [3.63, 3.8) is 0 Å². The van der Waals surface area contributed by atoms with E-state index in [1.807, 2.05) is 22.6 Å². The zero-order valence-electron chi connectivity index (χ0n) is 7.55. The fourth-order valence-corrected chi connectivity index (χ4v) is 1.53. The average Bonchev–Trinajstić information content (AvgIpc) is 2.10. The lowest BCUT2D eigenvalue weighted by Crippen LogP contribution is -2.08. The van der Waals surface area contributed by atoms with Gasteiger partial charge in [0.2, 0.25) is 5.91 Å². The maximum Gasteiger partial charge on any atom is 0.248 e. The topological polar surface area (TPSA) is 29.1 Å². The molecule has 0 heterocycles. The smallest absolute Gasteiger partial charge is 0.248 e. The highest BCUT2D eigenvalue weighted by molar-refractivity contribution is 14.1. The number of hydrogen-bond donors (Lipinski definition) is 1. The SMILES string of the molecule is CC=CC(=O)Nc1ccc(F)cc1I. The van der Waals surface area contributed by atoms with Crippen LogP contribution in [0.15, 0.2) is 30.4 Å². The number of carbonyl (C=O) groups excluding carboxylic acids is 1. The van der Waals surface area contributed by atoms with E-state index in [1.54, 1.807) is 19.1 Å². The van der Waals surface area contributed by atoms with Gasteiger partial charge >= 0.3 is 0 Å². The number of benzene rings is 1. The Balaban J connectivity index is 2.82. The highest BCUT2D eigenvalue weighted by Crippen LogP contribution is 2.18. The summed E-state index contributed by atoms with van der Waals surface area (Å²) in [6.45, 7) is 1.76. The monoisotopic (exact) mass is 305 g/mol. The second kappa shape index (κ2) is 5.09. The average molecular weight is 305 g/mol. The van der Waals surface area contributed by atoms with Crippen molar-refractivity contribution in [1.29, 1.82) is 0 Å². The van der Waals surface area contributed by atoms with Crippen LogP contribution in [-0.4, -0.2) is 5.91 Å². The van der Waals surface area contributed by atoms with Crippen molar-refractivity contribution in [3.8, 4) is 0 Å². The van der Waals surface area contributed by atoms with Gasteiger partial charge in [0.25, 0.3) is 0 Å². The van der Waals surface area contributed by atoms with Crippen LogP contribution in [0, 0.1) is 9.39 Å². The molecule has 14 heavy (non-hydrogen) atoms. The Kier molecular flexibility index (Phi) is 4.06. The van der Waals surface area contributed by atoms with Crippen molar-refractivity contribution < 1.29 is 9.18 Å². The molecule has 0 aliphatic rings. The summed E-state index contributed by atoms with van der Waals surface area (Å²) >= 11 is 1.97. The number of allylic oxidation sites excluding steroid dienone is 1. The summed E-state index contributed by atoms with van der Waals surface area (Å²) < 4.78 is 13.4. The van der Waals surface area contributed by atoms with Gasteiger partial charge in [0.15, 0.2) is 0 Å². The molecule has 0 aromatic heterocycles. The van der Waals surface area contributed by atoms with Crippen molar-refractivity contribution in [2.75, 3.05) is 5.32 Å².